The number of allylic oxidation sites excluding steroid dienone is 1. The van der Waals surface area contributed by atoms with Gasteiger partial charge in [-0.3, -0.25) is 9.78 Å². The van der Waals surface area contributed by atoms with Crippen molar-refractivity contribution in [1.82, 2.24) is 15.3 Å². The number of amides is 1. The first-order valence-electron chi connectivity index (χ1n) is 8.37. The molecule has 0 aliphatic heterocycles. The highest BCUT2D eigenvalue weighted by Crippen LogP contribution is 2.29. The average Bonchev–Trinajstić information content (AvgIpc) is 2.99. The third kappa shape index (κ3) is 4.11. The zero-order valence-corrected chi connectivity index (χ0v) is 15.1. The molecule has 142 valence electrons. The maximum Gasteiger partial charge on any atom is 0.253 e. The van der Waals surface area contributed by atoms with Crippen molar-refractivity contribution in [1.29, 1.82) is 0 Å². The van der Waals surface area contributed by atoms with Crippen LogP contribution < -0.4 is 10.1 Å². The van der Waals surface area contributed by atoms with Crippen molar-refractivity contribution in [2.75, 3.05) is 0 Å². The second-order valence-corrected chi connectivity index (χ2v) is 6.85. The monoisotopic (exact) mass is 375 g/mol. The van der Waals surface area contributed by atoms with Crippen LogP contribution in [0.15, 0.2) is 30.5 Å². The molecule has 1 atom stereocenters. The molecule has 2 aromatic rings. The Hall–Kier alpha value is -2.87. The fraction of sp³-hybridized carbons (Fsp3) is 0.316. The van der Waals surface area contributed by atoms with Crippen LogP contribution in [0.3, 0.4) is 0 Å². The topological polar surface area (TPSA) is 84.3 Å². The van der Waals surface area contributed by atoms with E-state index in [0.29, 0.717) is 29.4 Å². The standard InChI is InChI=1S/C19H19F2N3O3/c1-10(19(2,3)26)23-18(25)12-5-6-14-17(12)24-16(9-22-14)27-15-7-4-11(20)8-13(15)21/h4-5,7-10,26H,6H2,1-3H3,(H,23,25)/t10-/m0/s1. The highest BCUT2D eigenvalue weighted by molar-refractivity contribution is 6.20. The van der Waals surface area contributed by atoms with Gasteiger partial charge < -0.3 is 15.2 Å². The minimum atomic E-state index is -1.09. The molecule has 0 radical (unpaired) electrons. The number of nitrogens with zero attached hydrogens (tertiary/aromatic N) is 2. The fourth-order valence-corrected chi connectivity index (χ4v) is 2.43. The minimum absolute atomic E-state index is 0.0182. The average molecular weight is 375 g/mol. The van der Waals surface area contributed by atoms with Crippen LogP contribution in [0.5, 0.6) is 11.6 Å². The number of hydrogen-bond acceptors (Lipinski definition) is 5. The summed E-state index contributed by atoms with van der Waals surface area (Å²) in [7, 11) is 0. The van der Waals surface area contributed by atoms with Crippen molar-refractivity contribution in [2.45, 2.75) is 38.8 Å². The highest BCUT2D eigenvalue weighted by atomic mass is 19.1. The molecule has 1 aliphatic carbocycles. The summed E-state index contributed by atoms with van der Waals surface area (Å²) in [5, 5.41) is 12.7. The summed E-state index contributed by atoms with van der Waals surface area (Å²) in [5.74, 6) is -2.21. The Balaban J connectivity index is 1.81. The smallest absolute Gasteiger partial charge is 0.253 e. The number of benzene rings is 1. The van der Waals surface area contributed by atoms with Crippen LogP contribution in [0.1, 0.15) is 32.2 Å². The van der Waals surface area contributed by atoms with E-state index in [1.807, 2.05) is 0 Å². The number of ether oxygens (including phenoxy) is 1. The van der Waals surface area contributed by atoms with Crippen molar-refractivity contribution < 1.29 is 23.4 Å². The number of aliphatic hydroxyl groups is 1. The third-order valence-electron chi connectivity index (χ3n) is 4.34. The van der Waals surface area contributed by atoms with Gasteiger partial charge in [-0.2, -0.15) is 0 Å². The van der Waals surface area contributed by atoms with E-state index >= 15 is 0 Å². The number of halogens is 2. The Kier molecular flexibility index (Phi) is 4.93. The van der Waals surface area contributed by atoms with Gasteiger partial charge in [-0.05, 0) is 32.9 Å². The Morgan fingerprint density at radius 1 is 1.37 bits per heavy atom. The fourth-order valence-electron chi connectivity index (χ4n) is 2.43. The van der Waals surface area contributed by atoms with Crippen LogP contribution in [-0.2, 0) is 11.2 Å². The van der Waals surface area contributed by atoms with Crippen LogP contribution in [0.2, 0.25) is 0 Å². The number of carbonyl (C=O) groups is 1. The van der Waals surface area contributed by atoms with Gasteiger partial charge >= 0.3 is 0 Å². The molecular weight excluding hydrogens is 356 g/mol. The quantitative estimate of drug-likeness (QED) is 0.840. The summed E-state index contributed by atoms with van der Waals surface area (Å²) in [6.45, 7) is 4.88. The number of fused-ring (bicyclic) bond motifs is 1. The van der Waals surface area contributed by atoms with Crippen LogP contribution in [0.25, 0.3) is 5.57 Å². The zero-order chi connectivity index (χ0) is 19.8. The Bertz CT molecular complexity index is 923. The molecule has 2 N–H and O–H groups in total. The molecule has 0 fully saturated rings. The third-order valence-corrected chi connectivity index (χ3v) is 4.34. The van der Waals surface area contributed by atoms with Gasteiger partial charge in [0.15, 0.2) is 11.6 Å². The molecule has 1 aliphatic rings. The second kappa shape index (κ2) is 7.03. The molecule has 1 aromatic carbocycles. The number of rotatable bonds is 5. The van der Waals surface area contributed by atoms with E-state index in [9.17, 15) is 18.7 Å². The molecule has 1 aromatic heterocycles. The lowest BCUT2D eigenvalue weighted by Crippen LogP contribution is -2.47. The molecule has 27 heavy (non-hydrogen) atoms. The molecule has 8 heteroatoms. The second-order valence-electron chi connectivity index (χ2n) is 6.85. The van der Waals surface area contributed by atoms with Crippen molar-refractivity contribution in [3.63, 3.8) is 0 Å². The van der Waals surface area contributed by atoms with Crippen molar-refractivity contribution in [3.05, 3.63) is 53.5 Å². The molecule has 0 saturated heterocycles. The van der Waals surface area contributed by atoms with Crippen molar-refractivity contribution in [2.24, 2.45) is 0 Å². The summed E-state index contributed by atoms with van der Waals surface area (Å²) in [5.41, 5.74) is 0.131. The van der Waals surface area contributed by atoms with E-state index in [4.69, 9.17) is 4.74 Å². The summed E-state index contributed by atoms with van der Waals surface area (Å²) in [6, 6.07) is 2.42. The predicted molar refractivity (Wildman–Crippen MR) is 94.0 cm³/mol. The largest absolute Gasteiger partial charge is 0.434 e. The van der Waals surface area contributed by atoms with Gasteiger partial charge in [0.25, 0.3) is 5.91 Å². The van der Waals surface area contributed by atoms with Crippen LogP contribution in [0, 0.1) is 11.6 Å². The Morgan fingerprint density at radius 2 is 2.11 bits per heavy atom. The lowest BCUT2D eigenvalue weighted by atomic mass is 10.0. The number of hydrogen-bond donors (Lipinski definition) is 2. The van der Waals surface area contributed by atoms with Gasteiger partial charge in [0.05, 0.1) is 29.1 Å². The van der Waals surface area contributed by atoms with Gasteiger partial charge in [-0.25, -0.2) is 13.8 Å². The molecular formula is C19H19F2N3O3. The molecule has 0 saturated carbocycles. The zero-order valence-electron chi connectivity index (χ0n) is 15.1. The number of carbonyl (C=O) groups excluding carboxylic acids is 1. The van der Waals surface area contributed by atoms with E-state index in [1.54, 1.807) is 26.8 Å². The van der Waals surface area contributed by atoms with Crippen molar-refractivity contribution >= 4 is 11.5 Å². The highest BCUT2D eigenvalue weighted by Gasteiger charge is 2.29. The molecule has 1 amide bonds. The van der Waals surface area contributed by atoms with E-state index in [0.717, 1.165) is 12.1 Å². The lowest BCUT2D eigenvalue weighted by Gasteiger charge is -2.26. The maximum absolute atomic E-state index is 13.8. The Labute approximate surface area is 154 Å². The van der Waals surface area contributed by atoms with E-state index in [2.05, 4.69) is 15.3 Å². The summed E-state index contributed by atoms with van der Waals surface area (Å²) in [6.07, 6.45) is 3.42. The van der Waals surface area contributed by atoms with Crippen molar-refractivity contribution in [3.8, 4) is 11.6 Å². The number of nitrogens with one attached hydrogen (secondary N) is 1. The van der Waals surface area contributed by atoms with Gasteiger partial charge in [0, 0.05) is 12.5 Å². The number of aromatic nitrogens is 2. The van der Waals surface area contributed by atoms with Gasteiger partial charge in [0.2, 0.25) is 5.88 Å². The van der Waals surface area contributed by atoms with E-state index in [-0.39, 0.29) is 11.6 Å². The Morgan fingerprint density at radius 3 is 2.78 bits per heavy atom. The summed E-state index contributed by atoms with van der Waals surface area (Å²) in [4.78, 5) is 21.0. The molecule has 1 heterocycles. The summed E-state index contributed by atoms with van der Waals surface area (Å²) < 4.78 is 32.1. The first-order chi connectivity index (χ1) is 12.6. The van der Waals surface area contributed by atoms with Gasteiger partial charge in [-0.1, -0.05) is 6.08 Å². The molecule has 0 unspecified atom stereocenters. The molecule has 0 spiro atoms. The van der Waals surface area contributed by atoms with Gasteiger partial charge in [-0.15, -0.1) is 0 Å². The predicted octanol–water partition coefficient (Wildman–Crippen LogP) is 2.76. The van der Waals surface area contributed by atoms with Gasteiger partial charge in [0.1, 0.15) is 11.5 Å². The summed E-state index contributed by atoms with van der Waals surface area (Å²) >= 11 is 0. The molecule has 6 nitrogen and oxygen atoms in total. The molecule has 3 rings (SSSR count). The van der Waals surface area contributed by atoms with Crippen LogP contribution in [0.4, 0.5) is 8.78 Å². The van der Waals surface area contributed by atoms with E-state index in [1.165, 1.54) is 6.20 Å². The van der Waals surface area contributed by atoms with E-state index < -0.39 is 29.2 Å². The van der Waals surface area contributed by atoms with Crippen LogP contribution >= 0.6 is 0 Å². The normalized spacial score (nSPS) is 14.4. The minimum Gasteiger partial charge on any atom is -0.434 e. The first-order valence-corrected chi connectivity index (χ1v) is 8.37. The lowest BCUT2D eigenvalue weighted by molar-refractivity contribution is -0.117. The first kappa shape index (κ1) is 18.9. The maximum atomic E-state index is 13.8. The molecule has 0 bridgehead atoms. The SMILES string of the molecule is C[C@H](NC(=O)C1=CCc2ncc(Oc3ccc(F)cc3F)nc21)C(C)(C)O. The van der Waals surface area contributed by atoms with Crippen LogP contribution in [-0.4, -0.2) is 32.6 Å².